The molecule has 27 heavy (non-hydrogen) atoms. The Kier molecular flexibility index (Phi) is 4.46. The molecule has 0 unspecified atom stereocenters. The van der Waals surface area contributed by atoms with Gasteiger partial charge < -0.3 is 9.15 Å². The largest absolute Gasteiger partial charge is 0.460 e. The molecule has 0 aliphatic rings. The molecule has 0 saturated heterocycles. The number of rotatable bonds is 5. The Hall–Kier alpha value is -3.41. The van der Waals surface area contributed by atoms with Gasteiger partial charge in [-0.25, -0.2) is 9.78 Å². The summed E-state index contributed by atoms with van der Waals surface area (Å²) < 4.78 is 12.4. The standard InChI is InChI=1S/C21H18N2O4/c1-14-22-17-9-4-3-8-16(17)20(24)23(14)11-6-12-26-21(25)19-13-15-7-2-5-10-18(15)27-19/h2-5,7-10,13H,6,11-12H2,1H3. The van der Waals surface area contributed by atoms with Crippen molar-refractivity contribution in [3.8, 4) is 0 Å². The Balaban J connectivity index is 1.41. The summed E-state index contributed by atoms with van der Waals surface area (Å²) in [5, 5.41) is 1.44. The van der Waals surface area contributed by atoms with Crippen molar-refractivity contribution >= 4 is 27.8 Å². The second kappa shape index (κ2) is 7.07. The molecule has 2 heterocycles. The molecular formula is C21H18N2O4. The highest BCUT2D eigenvalue weighted by atomic mass is 16.5. The maximum absolute atomic E-state index is 12.6. The molecular weight excluding hydrogens is 344 g/mol. The number of carbonyl (C=O) groups is 1. The van der Waals surface area contributed by atoms with Gasteiger partial charge in [0.05, 0.1) is 17.5 Å². The number of aromatic nitrogens is 2. The van der Waals surface area contributed by atoms with Gasteiger partial charge in [-0.3, -0.25) is 9.36 Å². The molecule has 0 saturated carbocycles. The molecule has 0 aliphatic heterocycles. The zero-order valence-electron chi connectivity index (χ0n) is 14.8. The third-order valence-electron chi connectivity index (χ3n) is 4.44. The number of fused-ring (bicyclic) bond motifs is 2. The molecule has 2 aromatic heterocycles. The van der Waals surface area contributed by atoms with Crippen molar-refractivity contribution in [2.45, 2.75) is 19.9 Å². The van der Waals surface area contributed by atoms with Gasteiger partial charge in [-0.15, -0.1) is 0 Å². The van der Waals surface area contributed by atoms with E-state index in [0.29, 0.717) is 35.3 Å². The van der Waals surface area contributed by atoms with E-state index in [9.17, 15) is 9.59 Å². The van der Waals surface area contributed by atoms with Crippen molar-refractivity contribution in [3.05, 3.63) is 76.5 Å². The third-order valence-corrected chi connectivity index (χ3v) is 4.44. The van der Waals surface area contributed by atoms with Crippen molar-refractivity contribution in [1.29, 1.82) is 0 Å². The molecule has 0 N–H and O–H groups in total. The predicted molar refractivity (Wildman–Crippen MR) is 102 cm³/mol. The number of furan rings is 1. The number of aryl methyl sites for hydroxylation is 1. The van der Waals surface area contributed by atoms with Crippen LogP contribution in [0.3, 0.4) is 0 Å². The maximum atomic E-state index is 12.6. The van der Waals surface area contributed by atoms with Crippen LogP contribution in [0.5, 0.6) is 0 Å². The van der Waals surface area contributed by atoms with Crippen LogP contribution in [0, 0.1) is 6.92 Å². The molecule has 0 radical (unpaired) electrons. The summed E-state index contributed by atoms with van der Waals surface area (Å²) in [5.74, 6) is 0.311. The molecule has 6 heteroatoms. The molecule has 0 amide bonds. The number of para-hydroxylation sites is 2. The van der Waals surface area contributed by atoms with Gasteiger partial charge in [0.15, 0.2) is 0 Å². The highest BCUT2D eigenvalue weighted by Crippen LogP contribution is 2.19. The van der Waals surface area contributed by atoms with Crippen LogP contribution in [0.25, 0.3) is 21.9 Å². The first-order valence-electron chi connectivity index (χ1n) is 8.75. The predicted octanol–water partition coefficient (Wildman–Crippen LogP) is 3.70. The summed E-state index contributed by atoms with van der Waals surface area (Å²) in [6, 6.07) is 16.3. The Morgan fingerprint density at radius 2 is 1.93 bits per heavy atom. The van der Waals surface area contributed by atoms with Crippen LogP contribution in [-0.2, 0) is 11.3 Å². The van der Waals surface area contributed by atoms with Crippen LogP contribution >= 0.6 is 0 Å². The first-order valence-corrected chi connectivity index (χ1v) is 8.75. The minimum atomic E-state index is -0.507. The van der Waals surface area contributed by atoms with Gasteiger partial charge in [-0.1, -0.05) is 30.3 Å². The van der Waals surface area contributed by atoms with Gasteiger partial charge in [0, 0.05) is 11.9 Å². The Labute approximate surface area is 155 Å². The molecule has 0 fully saturated rings. The number of hydrogen-bond donors (Lipinski definition) is 0. The first kappa shape index (κ1) is 17.0. The lowest BCUT2D eigenvalue weighted by Gasteiger charge is -2.10. The molecule has 136 valence electrons. The molecule has 2 aromatic carbocycles. The van der Waals surface area contributed by atoms with Crippen molar-refractivity contribution in [1.82, 2.24) is 9.55 Å². The van der Waals surface area contributed by atoms with Gasteiger partial charge in [-0.05, 0) is 37.6 Å². The van der Waals surface area contributed by atoms with E-state index in [1.165, 1.54) is 0 Å². The van der Waals surface area contributed by atoms with Gasteiger partial charge in [0.2, 0.25) is 5.76 Å². The van der Waals surface area contributed by atoms with Crippen molar-refractivity contribution in [3.63, 3.8) is 0 Å². The molecule has 4 rings (SSSR count). The molecule has 6 nitrogen and oxygen atoms in total. The van der Waals surface area contributed by atoms with E-state index in [1.54, 1.807) is 29.7 Å². The SMILES string of the molecule is Cc1nc2ccccc2c(=O)n1CCCOC(=O)c1cc2ccccc2o1. The minimum absolute atomic E-state index is 0.0817. The summed E-state index contributed by atoms with van der Waals surface area (Å²) in [6.07, 6.45) is 0.507. The summed E-state index contributed by atoms with van der Waals surface area (Å²) in [5.41, 5.74) is 1.25. The van der Waals surface area contributed by atoms with Crippen LogP contribution in [0.2, 0.25) is 0 Å². The lowest BCUT2D eigenvalue weighted by molar-refractivity contribution is 0.0462. The third kappa shape index (κ3) is 3.33. The fraction of sp³-hybridized carbons (Fsp3) is 0.190. The van der Waals surface area contributed by atoms with E-state index in [0.717, 1.165) is 5.39 Å². The maximum Gasteiger partial charge on any atom is 0.374 e. The van der Waals surface area contributed by atoms with E-state index in [4.69, 9.17) is 9.15 Å². The van der Waals surface area contributed by atoms with Crippen LogP contribution in [0.15, 0.2) is 63.8 Å². The topological polar surface area (TPSA) is 74.3 Å². The summed E-state index contributed by atoms with van der Waals surface area (Å²) >= 11 is 0. The van der Waals surface area contributed by atoms with Gasteiger partial charge in [0.1, 0.15) is 11.4 Å². The van der Waals surface area contributed by atoms with Crippen LogP contribution in [0.4, 0.5) is 0 Å². The monoisotopic (exact) mass is 362 g/mol. The average molecular weight is 362 g/mol. The quantitative estimate of drug-likeness (QED) is 0.400. The number of ether oxygens (including phenoxy) is 1. The van der Waals surface area contributed by atoms with Crippen LogP contribution in [0.1, 0.15) is 22.8 Å². The Morgan fingerprint density at radius 1 is 1.15 bits per heavy atom. The van der Waals surface area contributed by atoms with E-state index in [1.807, 2.05) is 36.4 Å². The van der Waals surface area contributed by atoms with Gasteiger partial charge in [0.25, 0.3) is 5.56 Å². The highest BCUT2D eigenvalue weighted by molar-refractivity contribution is 5.92. The molecule has 0 aliphatic carbocycles. The summed E-state index contributed by atoms with van der Waals surface area (Å²) in [4.78, 5) is 29.2. The zero-order valence-corrected chi connectivity index (χ0v) is 14.8. The van der Waals surface area contributed by atoms with Crippen molar-refractivity contribution in [2.75, 3.05) is 6.61 Å². The van der Waals surface area contributed by atoms with E-state index in [-0.39, 0.29) is 17.9 Å². The fourth-order valence-electron chi connectivity index (χ4n) is 3.08. The number of nitrogens with zero attached hydrogens (tertiary/aromatic N) is 2. The van der Waals surface area contributed by atoms with E-state index in [2.05, 4.69) is 4.98 Å². The highest BCUT2D eigenvalue weighted by Gasteiger charge is 2.14. The minimum Gasteiger partial charge on any atom is -0.460 e. The van der Waals surface area contributed by atoms with Crippen molar-refractivity contribution < 1.29 is 13.9 Å². The fourth-order valence-corrected chi connectivity index (χ4v) is 3.08. The van der Waals surface area contributed by atoms with Crippen LogP contribution < -0.4 is 5.56 Å². The second-order valence-electron chi connectivity index (χ2n) is 6.27. The number of benzene rings is 2. The van der Waals surface area contributed by atoms with E-state index >= 15 is 0 Å². The lowest BCUT2D eigenvalue weighted by atomic mass is 10.2. The molecule has 0 bridgehead atoms. The normalized spacial score (nSPS) is 11.1. The Morgan fingerprint density at radius 3 is 2.78 bits per heavy atom. The number of esters is 1. The Bertz CT molecular complexity index is 1160. The number of carbonyl (C=O) groups excluding carboxylic acids is 1. The van der Waals surface area contributed by atoms with Gasteiger partial charge >= 0.3 is 5.97 Å². The molecule has 0 atom stereocenters. The first-order chi connectivity index (χ1) is 13.1. The molecule has 0 spiro atoms. The second-order valence-corrected chi connectivity index (χ2v) is 6.27. The smallest absolute Gasteiger partial charge is 0.374 e. The molecule has 4 aromatic rings. The average Bonchev–Trinajstić information content (AvgIpc) is 3.11. The summed E-state index contributed by atoms with van der Waals surface area (Å²) in [6.45, 7) is 2.42. The van der Waals surface area contributed by atoms with Gasteiger partial charge in [-0.2, -0.15) is 0 Å². The van der Waals surface area contributed by atoms with Crippen molar-refractivity contribution in [2.24, 2.45) is 0 Å². The van der Waals surface area contributed by atoms with E-state index < -0.39 is 5.97 Å². The lowest BCUT2D eigenvalue weighted by Crippen LogP contribution is -2.24. The number of hydrogen-bond acceptors (Lipinski definition) is 5. The van der Waals surface area contributed by atoms with Crippen LogP contribution in [-0.4, -0.2) is 22.1 Å². The summed E-state index contributed by atoms with van der Waals surface area (Å²) in [7, 11) is 0. The zero-order chi connectivity index (χ0) is 18.8.